The molecule has 1 heterocycles. The van der Waals surface area contributed by atoms with E-state index in [0.717, 1.165) is 40.0 Å². The van der Waals surface area contributed by atoms with Gasteiger partial charge in [0.1, 0.15) is 11.5 Å². The Kier molecular flexibility index (Phi) is 4.91. The highest BCUT2D eigenvalue weighted by Gasteiger charge is 2.19. The monoisotopic (exact) mass is 324 g/mol. The molecule has 2 aromatic carbocycles. The van der Waals surface area contributed by atoms with Crippen LogP contribution in [-0.4, -0.2) is 13.7 Å². The van der Waals surface area contributed by atoms with E-state index in [4.69, 9.17) is 13.9 Å². The van der Waals surface area contributed by atoms with E-state index in [-0.39, 0.29) is 0 Å². The molecule has 0 unspecified atom stereocenters. The number of fused-ring (bicyclic) bond motifs is 1. The minimum Gasteiger partial charge on any atom is -0.492 e. The van der Waals surface area contributed by atoms with Gasteiger partial charge in [-0.25, -0.2) is 0 Å². The van der Waals surface area contributed by atoms with Crippen molar-refractivity contribution in [3.05, 3.63) is 53.3 Å². The summed E-state index contributed by atoms with van der Waals surface area (Å²) in [5.74, 6) is 1.72. The van der Waals surface area contributed by atoms with Crippen LogP contribution in [0.3, 0.4) is 0 Å². The topological polar surface area (TPSA) is 31.6 Å². The van der Waals surface area contributed by atoms with Gasteiger partial charge in [0.2, 0.25) is 0 Å². The predicted molar refractivity (Wildman–Crippen MR) is 97.6 cm³/mol. The SMILES string of the molecule is CCOc1c(-c2occ(C)c2COC)ccc2c(CC)cccc12. The molecule has 0 spiro atoms. The normalized spacial score (nSPS) is 11.2. The standard InChI is InChI=1S/C21H24O3/c1-5-15-8-7-9-17-16(15)10-11-18(20(17)23-6-2)21-19(13-22-4)14(3)12-24-21/h7-12H,5-6,13H2,1-4H3. The van der Waals surface area contributed by atoms with Crippen LogP contribution in [0.4, 0.5) is 0 Å². The van der Waals surface area contributed by atoms with E-state index in [9.17, 15) is 0 Å². The van der Waals surface area contributed by atoms with E-state index < -0.39 is 0 Å². The molecule has 0 fully saturated rings. The van der Waals surface area contributed by atoms with Gasteiger partial charge in [-0.2, -0.15) is 0 Å². The van der Waals surface area contributed by atoms with Gasteiger partial charge in [0.25, 0.3) is 0 Å². The lowest BCUT2D eigenvalue weighted by Crippen LogP contribution is -1.98. The largest absolute Gasteiger partial charge is 0.492 e. The molecule has 0 saturated heterocycles. The summed E-state index contributed by atoms with van der Waals surface area (Å²) >= 11 is 0. The average Bonchev–Trinajstić information content (AvgIpc) is 2.96. The average molecular weight is 324 g/mol. The van der Waals surface area contributed by atoms with E-state index in [2.05, 4.69) is 37.3 Å². The molecule has 0 bridgehead atoms. The number of aryl methyl sites for hydroxylation is 2. The first-order valence-corrected chi connectivity index (χ1v) is 8.44. The maximum absolute atomic E-state index is 6.05. The summed E-state index contributed by atoms with van der Waals surface area (Å²) in [4.78, 5) is 0. The van der Waals surface area contributed by atoms with Gasteiger partial charge in [0.15, 0.2) is 0 Å². The van der Waals surface area contributed by atoms with Crippen molar-refractivity contribution in [1.82, 2.24) is 0 Å². The molecule has 0 atom stereocenters. The molecule has 3 rings (SSSR count). The Labute approximate surface area is 143 Å². The molecule has 0 aliphatic rings. The fourth-order valence-electron chi connectivity index (χ4n) is 3.20. The van der Waals surface area contributed by atoms with E-state index >= 15 is 0 Å². The van der Waals surface area contributed by atoms with Crippen LogP contribution in [-0.2, 0) is 17.8 Å². The van der Waals surface area contributed by atoms with Crippen molar-refractivity contribution in [2.75, 3.05) is 13.7 Å². The van der Waals surface area contributed by atoms with Gasteiger partial charge in [-0.05, 0) is 42.8 Å². The maximum atomic E-state index is 6.05. The second kappa shape index (κ2) is 7.10. The van der Waals surface area contributed by atoms with Gasteiger partial charge in [0.05, 0.1) is 25.0 Å². The van der Waals surface area contributed by atoms with Crippen molar-refractivity contribution >= 4 is 10.8 Å². The van der Waals surface area contributed by atoms with Gasteiger partial charge < -0.3 is 13.9 Å². The molecule has 24 heavy (non-hydrogen) atoms. The summed E-state index contributed by atoms with van der Waals surface area (Å²) in [7, 11) is 1.70. The smallest absolute Gasteiger partial charge is 0.143 e. The van der Waals surface area contributed by atoms with Crippen molar-refractivity contribution in [2.45, 2.75) is 33.8 Å². The van der Waals surface area contributed by atoms with Crippen molar-refractivity contribution < 1.29 is 13.9 Å². The predicted octanol–water partition coefficient (Wildman–Crippen LogP) is 5.52. The van der Waals surface area contributed by atoms with Gasteiger partial charge in [0, 0.05) is 18.1 Å². The molecule has 0 saturated carbocycles. The molecule has 3 aromatic rings. The molecule has 0 aliphatic heterocycles. The van der Waals surface area contributed by atoms with Crippen molar-refractivity contribution in [3.8, 4) is 17.1 Å². The molecule has 0 N–H and O–H groups in total. The van der Waals surface area contributed by atoms with E-state index in [0.29, 0.717) is 13.2 Å². The molecule has 0 aliphatic carbocycles. The van der Waals surface area contributed by atoms with Crippen LogP contribution in [0.25, 0.3) is 22.1 Å². The van der Waals surface area contributed by atoms with Crippen LogP contribution in [0.2, 0.25) is 0 Å². The summed E-state index contributed by atoms with van der Waals surface area (Å²) in [6.45, 7) is 7.36. The van der Waals surface area contributed by atoms with Crippen LogP contribution < -0.4 is 4.74 Å². The fraction of sp³-hybridized carbons (Fsp3) is 0.333. The van der Waals surface area contributed by atoms with Crippen molar-refractivity contribution in [1.29, 1.82) is 0 Å². The quantitative estimate of drug-likeness (QED) is 0.598. The zero-order valence-electron chi connectivity index (χ0n) is 14.8. The minimum atomic E-state index is 0.524. The first-order valence-electron chi connectivity index (χ1n) is 8.44. The summed E-state index contributed by atoms with van der Waals surface area (Å²) < 4.78 is 17.3. The molecule has 0 radical (unpaired) electrons. The van der Waals surface area contributed by atoms with Gasteiger partial charge in [-0.3, -0.25) is 0 Å². The lowest BCUT2D eigenvalue weighted by molar-refractivity contribution is 0.184. The van der Waals surface area contributed by atoms with Crippen molar-refractivity contribution in [2.24, 2.45) is 0 Å². The molecule has 0 amide bonds. The molecule has 1 aromatic heterocycles. The summed E-state index contributed by atoms with van der Waals surface area (Å²) in [5.41, 5.74) is 4.48. The Morgan fingerprint density at radius 2 is 1.88 bits per heavy atom. The number of methoxy groups -OCH3 is 1. The van der Waals surface area contributed by atoms with Crippen molar-refractivity contribution in [3.63, 3.8) is 0 Å². The molecular formula is C21H24O3. The molecule has 3 nitrogen and oxygen atoms in total. The van der Waals surface area contributed by atoms with Crippen LogP contribution >= 0.6 is 0 Å². The van der Waals surface area contributed by atoms with Crippen LogP contribution in [0, 0.1) is 6.92 Å². The van der Waals surface area contributed by atoms with Gasteiger partial charge in [-0.1, -0.05) is 31.2 Å². The van der Waals surface area contributed by atoms with E-state index in [1.54, 1.807) is 13.4 Å². The molecule has 126 valence electrons. The van der Waals surface area contributed by atoms with E-state index in [1.807, 2.05) is 13.8 Å². The number of benzene rings is 2. The Balaban J connectivity index is 2.27. The third kappa shape index (κ3) is 2.80. The molecular weight excluding hydrogens is 300 g/mol. The zero-order valence-corrected chi connectivity index (χ0v) is 14.8. The first-order chi connectivity index (χ1) is 11.7. The summed E-state index contributed by atoms with van der Waals surface area (Å²) in [6, 6.07) is 10.7. The van der Waals surface area contributed by atoms with Crippen LogP contribution in [0.1, 0.15) is 30.5 Å². The third-order valence-corrected chi connectivity index (χ3v) is 4.41. The number of ether oxygens (including phenoxy) is 2. The lowest BCUT2D eigenvalue weighted by atomic mass is 9.97. The zero-order chi connectivity index (χ0) is 17.1. The minimum absolute atomic E-state index is 0.524. The molecule has 3 heteroatoms. The highest BCUT2D eigenvalue weighted by atomic mass is 16.5. The highest BCUT2D eigenvalue weighted by molar-refractivity contribution is 5.96. The Hall–Kier alpha value is -2.26. The fourth-order valence-corrected chi connectivity index (χ4v) is 3.20. The van der Waals surface area contributed by atoms with Crippen LogP contribution in [0.15, 0.2) is 41.0 Å². The van der Waals surface area contributed by atoms with Gasteiger partial charge >= 0.3 is 0 Å². The second-order valence-electron chi connectivity index (χ2n) is 5.90. The lowest BCUT2D eigenvalue weighted by Gasteiger charge is -2.15. The second-order valence-corrected chi connectivity index (χ2v) is 5.90. The van der Waals surface area contributed by atoms with Gasteiger partial charge in [-0.15, -0.1) is 0 Å². The third-order valence-electron chi connectivity index (χ3n) is 4.41. The first kappa shape index (κ1) is 16.6. The Morgan fingerprint density at radius 1 is 1.04 bits per heavy atom. The maximum Gasteiger partial charge on any atom is 0.143 e. The summed E-state index contributed by atoms with van der Waals surface area (Å²) in [6.07, 6.45) is 2.78. The highest BCUT2D eigenvalue weighted by Crippen LogP contribution is 2.40. The Bertz CT molecular complexity index is 846. The number of rotatable bonds is 6. The van der Waals surface area contributed by atoms with Crippen LogP contribution in [0.5, 0.6) is 5.75 Å². The number of hydrogen-bond acceptors (Lipinski definition) is 3. The number of hydrogen-bond donors (Lipinski definition) is 0. The summed E-state index contributed by atoms with van der Waals surface area (Å²) in [5, 5.41) is 2.37. The Morgan fingerprint density at radius 3 is 2.58 bits per heavy atom. The number of furan rings is 1. The van der Waals surface area contributed by atoms with E-state index in [1.165, 1.54) is 10.9 Å².